The number of hydrogen-bond acceptors (Lipinski definition) is 6. The second-order valence-corrected chi connectivity index (χ2v) is 5.64. The van der Waals surface area contributed by atoms with Crippen molar-refractivity contribution in [3.05, 3.63) is 64.3 Å². The van der Waals surface area contributed by atoms with Crippen molar-refractivity contribution in [1.82, 2.24) is 35.3 Å². The summed E-state index contributed by atoms with van der Waals surface area (Å²) in [6, 6.07) is 7.05. The Morgan fingerprint density at radius 1 is 1.14 bits per heavy atom. The zero-order valence-electron chi connectivity index (χ0n) is 14.3. The van der Waals surface area contributed by atoms with Crippen molar-refractivity contribution in [3.63, 3.8) is 0 Å². The molecule has 0 atom stereocenters. The van der Waals surface area contributed by atoms with Gasteiger partial charge in [-0.25, -0.2) is 4.68 Å². The number of carbonyl (C=O) groups excluding carboxylic acids is 1. The molecular formula is C16H14F3N7O2. The highest BCUT2D eigenvalue weighted by molar-refractivity contribution is 5.90. The average molecular weight is 393 g/mol. The van der Waals surface area contributed by atoms with Crippen LogP contribution < -0.4 is 10.9 Å². The quantitative estimate of drug-likeness (QED) is 0.628. The molecule has 3 aromatic rings. The summed E-state index contributed by atoms with van der Waals surface area (Å²) in [7, 11) is 0. The molecule has 12 heteroatoms. The molecule has 3 rings (SSSR count). The molecule has 0 aliphatic heterocycles. The second-order valence-electron chi connectivity index (χ2n) is 5.64. The van der Waals surface area contributed by atoms with Gasteiger partial charge < -0.3 is 5.32 Å². The zero-order chi connectivity index (χ0) is 20.1. The van der Waals surface area contributed by atoms with E-state index in [9.17, 15) is 22.8 Å². The highest BCUT2D eigenvalue weighted by Gasteiger charge is 2.30. The van der Waals surface area contributed by atoms with Crippen molar-refractivity contribution >= 4 is 5.91 Å². The highest BCUT2D eigenvalue weighted by atomic mass is 19.4. The van der Waals surface area contributed by atoms with Crippen LogP contribution in [0, 0.1) is 0 Å². The van der Waals surface area contributed by atoms with E-state index >= 15 is 0 Å². The van der Waals surface area contributed by atoms with Crippen molar-refractivity contribution in [2.75, 3.05) is 6.54 Å². The molecule has 2 aromatic heterocycles. The Balaban J connectivity index is 1.55. The first-order valence-electron chi connectivity index (χ1n) is 8.12. The van der Waals surface area contributed by atoms with Gasteiger partial charge in [0.25, 0.3) is 17.3 Å². The van der Waals surface area contributed by atoms with Crippen molar-refractivity contribution < 1.29 is 18.0 Å². The summed E-state index contributed by atoms with van der Waals surface area (Å²) in [5.74, 6) is -0.818. The second kappa shape index (κ2) is 7.98. The Morgan fingerprint density at radius 3 is 2.57 bits per heavy atom. The summed E-state index contributed by atoms with van der Waals surface area (Å²) in [6.07, 6.45) is -2.50. The van der Waals surface area contributed by atoms with E-state index in [2.05, 4.69) is 25.8 Å². The van der Waals surface area contributed by atoms with E-state index in [1.807, 2.05) is 0 Å². The van der Waals surface area contributed by atoms with Crippen molar-refractivity contribution in [3.8, 4) is 5.69 Å². The van der Waals surface area contributed by atoms with Crippen LogP contribution in [-0.4, -0.2) is 42.4 Å². The SMILES string of the molecule is O=C(NCCCn1ncccc1=O)c1nnn(-c2ccc(C(F)(F)F)cc2)n1. The summed E-state index contributed by atoms with van der Waals surface area (Å²) in [6.45, 7) is 0.572. The Bertz CT molecular complexity index is 1010. The molecule has 1 aromatic carbocycles. The standard InChI is InChI=1S/C16H14F3N7O2/c17-16(18,19)11-4-6-12(7-5-11)26-23-14(22-24-26)15(28)20-8-2-10-25-13(27)3-1-9-21-25/h1,3-7,9H,2,8,10H2,(H,20,28). The Labute approximate surface area is 155 Å². The van der Waals surface area contributed by atoms with Gasteiger partial charge in [-0.15, -0.1) is 15.0 Å². The van der Waals surface area contributed by atoms with Crippen molar-refractivity contribution in [1.29, 1.82) is 0 Å². The van der Waals surface area contributed by atoms with Crippen LogP contribution in [0.15, 0.2) is 47.4 Å². The normalized spacial score (nSPS) is 11.4. The maximum absolute atomic E-state index is 12.6. The number of aryl methyl sites for hydroxylation is 1. The van der Waals surface area contributed by atoms with Crippen LogP contribution >= 0.6 is 0 Å². The van der Waals surface area contributed by atoms with Crippen LogP contribution in [0.25, 0.3) is 5.69 Å². The summed E-state index contributed by atoms with van der Waals surface area (Å²) in [4.78, 5) is 24.5. The Hall–Kier alpha value is -3.57. The highest BCUT2D eigenvalue weighted by Crippen LogP contribution is 2.29. The molecular weight excluding hydrogens is 379 g/mol. The lowest BCUT2D eigenvalue weighted by Crippen LogP contribution is -2.28. The van der Waals surface area contributed by atoms with Gasteiger partial charge in [0, 0.05) is 25.4 Å². The molecule has 0 aliphatic rings. The van der Waals surface area contributed by atoms with Gasteiger partial charge in [-0.2, -0.15) is 18.3 Å². The van der Waals surface area contributed by atoms with E-state index < -0.39 is 17.6 Å². The van der Waals surface area contributed by atoms with Crippen LogP contribution in [0.4, 0.5) is 13.2 Å². The van der Waals surface area contributed by atoms with Crippen LogP contribution in [0.2, 0.25) is 0 Å². The predicted octanol–water partition coefficient (Wildman–Crippen LogP) is 1.06. The lowest BCUT2D eigenvalue weighted by molar-refractivity contribution is -0.137. The summed E-state index contributed by atoms with van der Waals surface area (Å²) in [5, 5.41) is 17.6. The minimum atomic E-state index is -4.44. The average Bonchev–Trinajstić information content (AvgIpc) is 3.16. The predicted molar refractivity (Wildman–Crippen MR) is 89.6 cm³/mol. The number of nitrogens with one attached hydrogen (secondary N) is 1. The number of alkyl halides is 3. The van der Waals surface area contributed by atoms with Gasteiger partial charge in [-0.05, 0) is 42.0 Å². The molecule has 0 bridgehead atoms. The number of nitrogens with zero attached hydrogens (tertiary/aromatic N) is 6. The van der Waals surface area contributed by atoms with Gasteiger partial charge in [-0.1, -0.05) is 0 Å². The first kappa shape index (κ1) is 19.2. The summed E-state index contributed by atoms with van der Waals surface area (Å²) < 4.78 is 39.0. The molecule has 0 saturated carbocycles. The van der Waals surface area contributed by atoms with Gasteiger partial charge in [0.2, 0.25) is 0 Å². The number of benzene rings is 1. The molecule has 2 heterocycles. The monoisotopic (exact) mass is 393 g/mol. The number of carbonyl (C=O) groups is 1. The van der Waals surface area contributed by atoms with Crippen LogP contribution in [0.1, 0.15) is 22.6 Å². The maximum atomic E-state index is 12.6. The molecule has 0 fully saturated rings. The number of aromatic nitrogens is 6. The fourth-order valence-electron chi connectivity index (χ4n) is 2.26. The zero-order valence-corrected chi connectivity index (χ0v) is 14.3. The fourth-order valence-corrected chi connectivity index (χ4v) is 2.26. The van der Waals surface area contributed by atoms with Crippen LogP contribution in [0.3, 0.4) is 0 Å². The number of tetrazole rings is 1. The van der Waals surface area contributed by atoms with E-state index in [1.54, 1.807) is 0 Å². The largest absolute Gasteiger partial charge is 0.416 e. The molecule has 9 nitrogen and oxygen atoms in total. The fraction of sp³-hybridized carbons (Fsp3) is 0.250. The van der Waals surface area contributed by atoms with Gasteiger partial charge >= 0.3 is 6.18 Å². The lowest BCUT2D eigenvalue weighted by Gasteiger charge is -2.06. The van der Waals surface area contributed by atoms with Crippen LogP contribution in [-0.2, 0) is 12.7 Å². The van der Waals surface area contributed by atoms with E-state index in [1.165, 1.54) is 35.1 Å². The molecule has 28 heavy (non-hydrogen) atoms. The third kappa shape index (κ3) is 4.58. The smallest absolute Gasteiger partial charge is 0.349 e. The molecule has 0 spiro atoms. The van der Waals surface area contributed by atoms with Crippen molar-refractivity contribution in [2.24, 2.45) is 0 Å². The number of halogens is 3. The first-order chi connectivity index (χ1) is 13.3. The third-order valence-electron chi connectivity index (χ3n) is 3.66. The molecule has 0 unspecified atom stereocenters. The lowest BCUT2D eigenvalue weighted by atomic mass is 10.2. The number of amides is 1. The van der Waals surface area contributed by atoms with Gasteiger partial charge in [0.1, 0.15) is 0 Å². The van der Waals surface area contributed by atoms with E-state index in [4.69, 9.17) is 0 Å². The van der Waals surface area contributed by atoms with Gasteiger partial charge in [-0.3, -0.25) is 9.59 Å². The first-order valence-corrected chi connectivity index (χ1v) is 8.12. The molecule has 146 valence electrons. The van der Waals surface area contributed by atoms with Crippen LogP contribution in [0.5, 0.6) is 0 Å². The van der Waals surface area contributed by atoms with E-state index in [0.29, 0.717) is 13.0 Å². The Kier molecular flexibility index (Phi) is 5.47. The van der Waals surface area contributed by atoms with Crippen molar-refractivity contribution in [2.45, 2.75) is 19.1 Å². The minimum Gasteiger partial charge on any atom is -0.349 e. The van der Waals surface area contributed by atoms with Gasteiger partial charge in [0.05, 0.1) is 11.3 Å². The molecule has 1 N–H and O–H groups in total. The van der Waals surface area contributed by atoms with E-state index in [-0.39, 0.29) is 23.6 Å². The molecule has 0 aliphatic carbocycles. The number of hydrogen-bond donors (Lipinski definition) is 1. The Morgan fingerprint density at radius 2 is 1.89 bits per heavy atom. The number of rotatable bonds is 6. The molecule has 0 radical (unpaired) electrons. The molecule has 0 saturated heterocycles. The topological polar surface area (TPSA) is 108 Å². The van der Waals surface area contributed by atoms with Gasteiger partial charge in [0.15, 0.2) is 0 Å². The third-order valence-corrected chi connectivity index (χ3v) is 3.66. The van der Waals surface area contributed by atoms with E-state index in [0.717, 1.165) is 16.9 Å². The minimum absolute atomic E-state index is 0.227. The summed E-state index contributed by atoms with van der Waals surface area (Å²) >= 11 is 0. The maximum Gasteiger partial charge on any atom is 0.416 e. The molecule has 1 amide bonds. The summed E-state index contributed by atoms with van der Waals surface area (Å²) in [5.41, 5.74) is -0.814.